The van der Waals surface area contributed by atoms with E-state index in [2.05, 4.69) is 27.2 Å². The van der Waals surface area contributed by atoms with Crippen molar-refractivity contribution in [3.8, 4) is 29.0 Å². The number of carbonyl (C=O) groups is 1. The van der Waals surface area contributed by atoms with E-state index >= 15 is 0 Å². The van der Waals surface area contributed by atoms with Crippen molar-refractivity contribution in [3.63, 3.8) is 0 Å². The highest BCUT2D eigenvalue weighted by atomic mass is 35.5. The number of rotatable bonds is 3. The van der Waals surface area contributed by atoms with Crippen LogP contribution in [0.2, 0.25) is 5.02 Å². The number of hydrogen-bond acceptors (Lipinski definition) is 5. The van der Waals surface area contributed by atoms with Gasteiger partial charge >= 0.3 is 0 Å². The Morgan fingerprint density at radius 3 is 2.56 bits per heavy atom. The van der Waals surface area contributed by atoms with E-state index in [4.69, 9.17) is 21.1 Å². The van der Waals surface area contributed by atoms with Crippen LogP contribution in [0.4, 0.5) is 10.2 Å². The van der Waals surface area contributed by atoms with E-state index in [0.29, 0.717) is 36.0 Å². The lowest BCUT2D eigenvalue weighted by molar-refractivity contribution is 0.101. The largest absolute Gasteiger partial charge is 0.486 e. The maximum absolute atomic E-state index is 14.7. The van der Waals surface area contributed by atoms with Gasteiger partial charge in [0.05, 0.1) is 16.9 Å². The molecule has 0 radical (unpaired) electrons. The van der Waals surface area contributed by atoms with E-state index in [1.165, 1.54) is 23.1 Å². The van der Waals surface area contributed by atoms with Crippen LogP contribution in [0.5, 0.6) is 11.5 Å². The molecule has 0 unspecified atom stereocenters. The average Bonchev–Trinajstić information content (AvgIpc) is 3.26. The van der Waals surface area contributed by atoms with Gasteiger partial charge < -0.3 is 14.8 Å². The number of pyridine rings is 1. The Labute approximate surface area is 199 Å². The first-order valence-corrected chi connectivity index (χ1v) is 10.6. The minimum absolute atomic E-state index is 0.0208. The first-order chi connectivity index (χ1) is 16.6. The van der Waals surface area contributed by atoms with Gasteiger partial charge in [-0.05, 0) is 30.3 Å². The number of fused-ring (bicyclic) bond motifs is 1. The third kappa shape index (κ3) is 4.42. The molecule has 168 valence electrons. The lowest BCUT2D eigenvalue weighted by Gasteiger charge is -2.19. The number of benzene rings is 2. The summed E-state index contributed by atoms with van der Waals surface area (Å²) in [4.78, 5) is 17.0. The third-order valence-electron chi connectivity index (χ3n) is 4.91. The summed E-state index contributed by atoms with van der Waals surface area (Å²) in [6.07, 6.45) is 2.72. The van der Waals surface area contributed by atoms with Gasteiger partial charge in [0, 0.05) is 23.4 Å². The summed E-state index contributed by atoms with van der Waals surface area (Å²) in [7, 11) is 0. The summed E-state index contributed by atoms with van der Waals surface area (Å²) in [6.45, 7) is 0.878. The van der Waals surface area contributed by atoms with Crippen LogP contribution in [-0.2, 0) is 0 Å². The van der Waals surface area contributed by atoms with Crippen molar-refractivity contribution >= 4 is 23.3 Å². The highest BCUT2D eigenvalue weighted by Crippen LogP contribution is 2.33. The molecule has 9 heteroatoms. The number of nitrogens with zero attached hydrogens (tertiary/aromatic N) is 3. The molecule has 5 rings (SSSR count). The van der Waals surface area contributed by atoms with E-state index in [0.717, 1.165) is 5.56 Å². The first-order valence-electron chi connectivity index (χ1n) is 10.3. The van der Waals surface area contributed by atoms with Gasteiger partial charge in [-0.25, -0.2) is 14.1 Å². The Morgan fingerprint density at radius 1 is 1.00 bits per heavy atom. The number of aromatic nitrogens is 3. The molecule has 0 bridgehead atoms. The van der Waals surface area contributed by atoms with Gasteiger partial charge in [0.2, 0.25) is 0 Å². The Balaban J connectivity index is 1.38. The van der Waals surface area contributed by atoms with Crippen molar-refractivity contribution in [1.82, 2.24) is 14.8 Å². The fraction of sp³-hybridized carbons (Fsp3) is 0.0800. The van der Waals surface area contributed by atoms with Crippen molar-refractivity contribution < 1.29 is 18.7 Å². The second kappa shape index (κ2) is 9.25. The van der Waals surface area contributed by atoms with Crippen molar-refractivity contribution in [2.24, 2.45) is 0 Å². The van der Waals surface area contributed by atoms with Gasteiger partial charge in [-0.3, -0.25) is 4.79 Å². The Bertz CT molecular complexity index is 1440. The van der Waals surface area contributed by atoms with Crippen molar-refractivity contribution in [2.75, 3.05) is 18.5 Å². The van der Waals surface area contributed by atoms with E-state index in [-0.39, 0.29) is 16.5 Å². The summed E-state index contributed by atoms with van der Waals surface area (Å²) < 4.78 is 27.1. The summed E-state index contributed by atoms with van der Waals surface area (Å²) >= 11 is 6.23. The van der Waals surface area contributed by atoms with Crippen LogP contribution in [0.25, 0.3) is 5.69 Å². The molecule has 0 atom stereocenters. The molecule has 2 aromatic carbocycles. The van der Waals surface area contributed by atoms with Gasteiger partial charge in [0.1, 0.15) is 13.2 Å². The van der Waals surface area contributed by atoms with Gasteiger partial charge in [0.25, 0.3) is 5.91 Å². The van der Waals surface area contributed by atoms with Crippen LogP contribution in [0, 0.1) is 17.7 Å². The van der Waals surface area contributed by atoms with Gasteiger partial charge in [-0.1, -0.05) is 41.6 Å². The zero-order valence-electron chi connectivity index (χ0n) is 17.6. The Hall–Kier alpha value is -4.35. The van der Waals surface area contributed by atoms with E-state index in [9.17, 15) is 9.18 Å². The molecule has 0 spiro atoms. The van der Waals surface area contributed by atoms with Crippen LogP contribution in [0.15, 0.2) is 67.0 Å². The van der Waals surface area contributed by atoms with E-state index in [1.807, 2.05) is 30.3 Å². The molecule has 0 aliphatic carbocycles. The molecule has 2 aromatic heterocycles. The summed E-state index contributed by atoms with van der Waals surface area (Å²) in [5.74, 6) is 5.26. The van der Waals surface area contributed by atoms with Crippen LogP contribution >= 0.6 is 11.6 Å². The zero-order chi connectivity index (χ0) is 23.5. The topological polar surface area (TPSA) is 78.3 Å². The number of amides is 1. The molecule has 0 saturated carbocycles. The smallest absolute Gasteiger partial charge is 0.277 e. The maximum Gasteiger partial charge on any atom is 0.277 e. The zero-order valence-corrected chi connectivity index (χ0v) is 18.3. The minimum atomic E-state index is -0.727. The second-order valence-corrected chi connectivity index (χ2v) is 7.61. The van der Waals surface area contributed by atoms with Gasteiger partial charge in [-0.2, -0.15) is 5.10 Å². The molecule has 7 nitrogen and oxygen atoms in total. The molecule has 34 heavy (non-hydrogen) atoms. The SMILES string of the molecule is O=C(Nc1ncc(C#Cc2ccccc2)cc1F)c1c(Cl)cnn1-c1ccc2c(c1)OCCO2. The number of anilines is 1. The van der Waals surface area contributed by atoms with Gasteiger partial charge in [-0.15, -0.1) is 0 Å². The number of nitrogens with one attached hydrogen (secondary N) is 1. The molecule has 1 aliphatic heterocycles. The quantitative estimate of drug-likeness (QED) is 0.443. The molecule has 1 N–H and O–H groups in total. The highest BCUT2D eigenvalue weighted by molar-refractivity contribution is 6.34. The van der Waals surface area contributed by atoms with Crippen molar-refractivity contribution in [1.29, 1.82) is 0 Å². The molecule has 1 amide bonds. The molecule has 4 aromatic rings. The molecular weight excluding hydrogens is 459 g/mol. The monoisotopic (exact) mass is 474 g/mol. The summed E-state index contributed by atoms with van der Waals surface area (Å²) in [5.41, 5.74) is 1.72. The van der Waals surface area contributed by atoms with Crippen LogP contribution in [0.1, 0.15) is 21.6 Å². The number of halogens is 2. The summed E-state index contributed by atoms with van der Waals surface area (Å²) in [5, 5.41) is 6.73. The second-order valence-electron chi connectivity index (χ2n) is 7.21. The van der Waals surface area contributed by atoms with Crippen LogP contribution < -0.4 is 14.8 Å². The Kier molecular flexibility index (Phi) is 5.85. The predicted molar refractivity (Wildman–Crippen MR) is 124 cm³/mol. The number of carbonyl (C=O) groups excluding carboxylic acids is 1. The molecule has 1 aliphatic rings. The standard InChI is InChI=1S/C25H16ClFN4O3/c26-19-15-29-31(18-8-9-21-22(13-18)34-11-10-33-21)23(19)25(32)30-24-20(27)12-17(14-28-24)7-6-16-4-2-1-3-5-16/h1-5,8-9,12-15H,10-11H2,(H,28,30,32). The van der Waals surface area contributed by atoms with Crippen molar-refractivity contribution in [2.45, 2.75) is 0 Å². The fourth-order valence-electron chi connectivity index (χ4n) is 3.32. The predicted octanol–water partition coefficient (Wildman–Crippen LogP) is 4.48. The normalized spacial score (nSPS) is 11.9. The molecule has 0 saturated heterocycles. The average molecular weight is 475 g/mol. The van der Waals surface area contributed by atoms with Crippen LogP contribution in [0.3, 0.4) is 0 Å². The first kappa shape index (κ1) is 21.5. The summed E-state index contributed by atoms with van der Waals surface area (Å²) in [6, 6.07) is 15.6. The van der Waals surface area contributed by atoms with E-state index < -0.39 is 11.7 Å². The van der Waals surface area contributed by atoms with Gasteiger partial charge in [0.15, 0.2) is 28.8 Å². The lowest BCUT2D eigenvalue weighted by atomic mass is 10.2. The third-order valence-corrected chi connectivity index (χ3v) is 5.18. The van der Waals surface area contributed by atoms with E-state index in [1.54, 1.807) is 18.2 Å². The number of hydrogen-bond donors (Lipinski definition) is 1. The molecule has 3 heterocycles. The van der Waals surface area contributed by atoms with Crippen molar-refractivity contribution in [3.05, 3.63) is 94.7 Å². The maximum atomic E-state index is 14.7. The minimum Gasteiger partial charge on any atom is -0.486 e. The highest BCUT2D eigenvalue weighted by Gasteiger charge is 2.22. The van der Waals surface area contributed by atoms with Crippen LogP contribution in [-0.4, -0.2) is 33.9 Å². The lowest BCUT2D eigenvalue weighted by Crippen LogP contribution is -2.19. The fourth-order valence-corrected chi connectivity index (χ4v) is 3.53. The molecular formula is C25H16ClFN4O3. The Morgan fingerprint density at radius 2 is 1.76 bits per heavy atom. The number of ether oxygens (including phenoxy) is 2. The molecule has 0 fully saturated rings.